The lowest BCUT2D eigenvalue weighted by atomic mass is 9.87. The fourth-order valence-electron chi connectivity index (χ4n) is 3.32. The van der Waals surface area contributed by atoms with E-state index in [-0.39, 0.29) is 0 Å². The Labute approximate surface area is 104 Å². The highest BCUT2D eigenvalue weighted by molar-refractivity contribution is 5.32. The maximum Gasteiger partial charge on any atom is 0.0351 e. The third-order valence-corrected chi connectivity index (χ3v) is 4.40. The fraction of sp³-hybridized carbons (Fsp3) is 0.600. The van der Waals surface area contributed by atoms with Crippen LogP contribution in [-0.2, 0) is 6.42 Å². The first-order valence-electron chi connectivity index (χ1n) is 6.83. The fourth-order valence-corrected chi connectivity index (χ4v) is 3.32. The quantitative estimate of drug-likeness (QED) is 0.838. The molecule has 0 bridgehead atoms. The third-order valence-electron chi connectivity index (χ3n) is 4.40. The van der Waals surface area contributed by atoms with Gasteiger partial charge in [0.05, 0.1) is 0 Å². The molecule has 2 heteroatoms. The van der Waals surface area contributed by atoms with Crippen LogP contribution in [-0.4, -0.2) is 31.6 Å². The monoisotopic (exact) mass is 230 g/mol. The maximum atomic E-state index is 3.48. The van der Waals surface area contributed by atoms with Crippen molar-refractivity contribution in [2.45, 2.75) is 25.3 Å². The zero-order valence-electron chi connectivity index (χ0n) is 10.7. The van der Waals surface area contributed by atoms with Crippen LogP contribution in [0.3, 0.4) is 0 Å². The molecule has 2 atom stereocenters. The first-order chi connectivity index (χ1) is 8.34. The molecule has 1 fully saturated rings. The van der Waals surface area contributed by atoms with Crippen molar-refractivity contribution in [3.63, 3.8) is 0 Å². The first kappa shape index (κ1) is 11.2. The van der Waals surface area contributed by atoms with Crippen LogP contribution < -0.4 is 5.32 Å². The molecule has 2 aliphatic heterocycles. The Bertz CT molecular complexity index is 382. The van der Waals surface area contributed by atoms with Crippen LogP contribution in [0.5, 0.6) is 0 Å². The summed E-state index contributed by atoms with van der Waals surface area (Å²) >= 11 is 0. The molecular formula is C15H22N2. The minimum absolute atomic E-state index is 0.643. The van der Waals surface area contributed by atoms with Gasteiger partial charge in [0.2, 0.25) is 0 Å². The number of benzene rings is 1. The molecule has 17 heavy (non-hydrogen) atoms. The third kappa shape index (κ3) is 2.24. The number of likely N-dealkylation sites (N-methyl/N-ethyl adjacent to an activating group) is 1. The molecule has 0 radical (unpaired) electrons. The lowest BCUT2D eigenvalue weighted by Gasteiger charge is -2.36. The second kappa shape index (κ2) is 4.79. The summed E-state index contributed by atoms with van der Waals surface area (Å²) in [7, 11) is 2.28. The number of nitrogens with zero attached hydrogens (tertiary/aromatic N) is 1. The van der Waals surface area contributed by atoms with Crippen molar-refractivity contribution in [3.8, 4) is 0 Å². The Hall–Kier alpha value is -0.860. The molecule has 1 N–H and O–H groups in total. The van der Waals surface area contributed by atoms with Crippen LogP contribution in [0.1, 0.15) is 30.0 Å². The molecule has 0 aliphatic carbocycles. The van der Waals surface area contributed by atoms with Crippen LogP contribution in [0.25, 0.3) is 0 Å². The molecule has 2 nitrogen and oxygen atoms in total. The topological polar surface area (TPSA) is 15.3 Å². The lowest BCUT2D eigenvalue weighted by Crippen LogP contribution is -2.33. The van der Waals surface area contributed by atoms with E-state index >= 15 is 0 Å². The summed E-state index contributed by atoms with van der Waals surface area (Å²) in [5, 5.41) is 3.48. The van der Waals surface area contributed by atoms with E-state index in [0.717, 1.165) is 5.92 Å². The summed E-state index contributed by atoms with van der Waals surface area (Å²) in [4.78, 5) is 2.54. The van der Waals surface area contributed by atoms with E-state index in [1.54, 1.807) is 11.1 Å². The average Bonchev–Trinajstić information content (AvgIpc) is 2.86. The highest BCUT2D eigenvalue weighted by Gasteiger charge is 2.28. The van der Waals surface area contributed by atoms with Gasteiger partial charge in [-0.1, -0.05) is 24.3 Å². The van der Waals surface area contributed by atoms with Gasteiger partial charge in [0, 0.05) is 12.6 Å². The van der Waals surface area contributed by atoms with Crippen molar-refractivity contribution in [3.05, 3.63) is 35.4 Å². The van der Waals surface area contributed by atoms with Crippen LogP contribution >= 0.6 is 0 Å². The number of fused-ring (bicyclic) bond motifs is 1. The molecule has 2 heterocycles. The predicted octanol–water partition coefficient (Wildman–Crippen LogP) is 2.22. The van der Waals surface area contributed by atoms with Gasteiger partial charge in [0.15, 0.2) is 0 Å². The van der Waals surface area contributed by atoms with E-state index in [0.29, 0.717) is 6.04 Å². The molecule has 1 aromatic carbocycles. The predicted molar refractivity (Wildman–Crippen MR) is 71.1 cm³/mol. The maximum absolute atomic E-state index is 3.48. The van der Waals surface area contributed by atoms with E-state index in [1.807, 2.05) is 0 Å². The summed E-state index contributed by atoms with van der Waals surface area (Å²) in [6.45, 7) is 3.64. The second-order valence-electron chi connectivity index (χ2n) is 5.54. The highest BCUT2D eigenvalue weighted by atomic mass is 15.1. The highest BCUT2D eigenvalue weighted by Crippen LogP contribution is 2.34. The minimum Gasteiger partial charge on any atom is -0.316 e. The van der Waals surface area contributed by atoms with E-state index in [4.69, 9.17) is 0 Å². The second-order valence-corrected chi connectivity index (χ2v) is 5.54. The number of hydrogen-bond acceptors (Lipinski definition) is 2. The largest absolute Gasteiger partial charge is 0.316 e. The summed E-state index contributed by atoms with van der Waals surface area (Å²) in [6.07, 6.45) is 3.89. The molecule has 3 rings (SSSR count). The van der Waals surface area contributed by atoms with Gasteiger partial charge >= 0.3 is 0 Å². The number of rotatable bonds is 2. The van der Waals surface area contributed by atoms with Gasteiger partial charge in [-0.3, -0.25) is 4.90 Å². The molecule has 2 unspecified atom stereocenters. The van der Waals surface area contributed by atoms with E-state index in [2.05, 4.69) is 41.5 Å². The van der Waals surface area contributed by atoms with Gasteiger partial charge in [-0.2, -0.15) is 0 Å². The van der Waals surface area contributed by atoms with Gasteiger partial charge in [-0.15, -0.1) is 0 Å². The van der Waals surface area contributed by atoms with Gasteiger partial charge in [-0.05, 0) is 56.4 Å². The molecule has 0 spiro atoms. The zero-order chi connectivity index (χ0) is 11.7. The van der Waals surface area contributed by atoms with E-state index in [9.17, 15) is 0 Å². The Balaban J connectivity index is 1.81. The van der Waals surface area contributed by atoms with E-state index < -0.39 is 0 Å². The summed E-state index contributed by atoms with van der Waals surface area (Å²) in [5.41, 5.74) is 3.15. The standard InChI is InChI=1S/C15H22N2/c1-17-9-7-13-4-2-3-5-14(13)15(17)10-12-6-8-16-11-12/h2-5,12,15-16H,6-11H2,1H3. The molecule has 1 aromatic rings. The molecule has 0 saturated carbocycles. The number of hydrogen-bond donors (Lipinski definition) is 1. The molecule has 0 amide bonds. The van der Waals surface area contributed by atoms with Crippen molar-refractivity contribution in [1.82, 2.24) is 10.2 Å². The Morgan fingerprint density at radius 3 is 3.06 bits per heavy atom. The molecule has 92 valence electrons. The van der Waals surface area contributed by atoms with Gasteiger partial charge in [0.25, 0.3) is 0 Å². The van der Waals surface area contributed by atoms with Crippen LogP contribution in [0.15, 0.2) is 24.3 Å². The van der Waals surface area contributed by atoms with Gasteiger partial charge in [0.1, 0.15) is 0 Å². The first-order valence-corrected chi connectivity index (χ1v) is 6.83. The molecule has 1 saturated heterocycles. The molecule has 0 aromatic heterocycles. The van der Waals surface area contributed by atoms with Gasteiger partial charge < -0.3 is 5.32 Å². The lowest BCUT2D eigenvalue weighted by molar-refractivity contribution is 0.198. The van der Waals surface area contributed by atoms with Crippen molar-refractivity contribution in [1.29, 1.82) is 0 Å². The summed E-state index contributed by atoms with van der Waals surface area (Å²) < 4.78 is 0. The van der Waals surface area contributed by atoms with Crippen molar-refractivity contribution < 1.29 is 0 Å². The van der Waals surface area contributed by atoms with Crippen LogP contribution in [0.4, 0.5) is 0 Å². The normalized spacial score (nSPS) is 29.2. The van der Waals surface area contributed by atoms with Gasteiger partial charge in [-0.25, -0.2) is 0 Å². The Kier molecular flexibility index (Phi) is 3.17. The smallest absolute Gasteiger partial charge is 0.0351 e. The average molecular weight is 230 g/mol. The Morgan fingerprint density at radius 2 is 2.24 bits per heavy atom. The van der Waals surface area contributed by atoms with Crippen molar-refractivity contribution in [2.75, 3.05) is 26.7 Å². The SMILES string of the molecule is CN1CCc2ccccc2C1CC1CCNC1. The van der Waals surface area contributed by atoms with Crippen LogP contribution in [0, 0.1) is 5.92 Å². The Morgan fingerprint density at radius 1 is 1.35 bits per heavy atom. The molecular weight excluding hydrogens is 208 g/mol. The van der Waals surface area contributed by atoms with Crippen molar-refractivity contribution in [2.24, 2.45) is 5.92 Å². The van der Waals surface area contributed by atoms with Crippen molar-refractivity contribution >= 4 is 0 Å². The number of nitrogens with one attached hydrogen (secondary N) is 1. The van der Waals surface area contributed by atoms with E-state index in [1.165, 1.54) is 38.9 Å². The summed E-state index contributed by atoms with van der Waals surface area (Å²) in [5.74, 6) is 0.869. The van der Waals surface area contributed by atoms with Crippen LogP contribution in [0.2, 0.25) is 0 Å². The molecule has 2 aliphatic rings. The summed E-state index contributed by atoms with van der Waals surface area (Å²) in [6, 6.07) is 9.65. The minimum atomic E-state index is 0.643. The zero-order valence-corrected chi connectivity index (χ0v) is 10.7.